The summed E-state index contributed by atoms with van der Waals surface area (Å²) in [5.41, 5.74) is 6.87. The number of primary amides is 1. The summed E-state index contributed by atoms with van der Waals surface area (Å²) in [5.74, 6) is 1.28. The van der Waals surface area contributed by atoms with Crippen LogP contribution >= 0.6 is 0 Å². The number of nitrogens with two attached hydrogens (primary N) is 1. The normalized spacial score (nSPS) is 18.5. The second-order valence-electron chi connectivity index (χ2n) is 6.93. The number of nitrogens with one attached hydrogen (secondary N) is 1. The van der Waals surface area contributed by atoms with E-state index in [0.717, 1.165) is 24.4 Å². The van der Waals surface area contributed by atoms with E-state index >= 15 is 0 Å². The zero-order valence-corrected chi connectivity index (χ0v) is 14.0. The summed E-state index contributed by atoms with van der Waals surface area (Å²) >= 11 is 0. The number of hydrogen-bond donors (Lipinski definition) is 2. The Morgan fingerprint density at radius 3 is 2.64 bits per heavy atom. The van der Waals surface area contributed by atoms with Crippen LogP contribution in [0.3, 0.4) is 0 Å². The fourth-order valence-electron chi connectivity index (χ4n) is 3.53. The van der Waals surface area contributed by atoms with Crippen molar-refractivity contribution in [1.29, 1.82) is 0 Å². The van der Waals surface area contributed by atoms with E-state index in [1.165, 1.54) is 12.8 Å². The molecule has 4 rings (SSSR count). The van der Waals surface area contributed by atoms with Crippen LogP contribution in [0.5, 0.6) is 0 Å². The Morgan fingerprint density at radius 2 is 1.96 bits per heavy atom. The van der Waals surface area contributed by atoms with E-state index in [1.807, 2.05) is 11.0 Å². The van der Waals surface area contributed by atoms with Crippen LogP contribution in [0.25, 0.3) is 0 Å². The number of carbonyl (C=O) groups is 2. The predicted octanol–water partition coefficient (Wildman–Crippen LogP) is 0.989. The number of H-pyrrole nitrogens is 1. The van der Waals surface area contributed by atoms with Crippen molar-refractivity contribution in [2.75, 3.05) is 13.1 Å². The topological polar surface area (TPSA) is 110 Å². The first-order valence-corrected chi connectivity index (χ1v) is 8.75. The maximum absolute atomic E-state index is 12.6. The van der Waals surface area contributed by atoms with Gasteiger partial charge < -0.3 is 15.2 Å². The lowest BCUT2D eigenvalue weighted by Crippen LogP contribution is -2.38. The highest BCUT2D eigenvalue weighted by Crippen LogP contribution is 2.39. The summed E-state index contributed by atoms with van der Waals surface area (Å²) < 4.78 is 1.81. The Bertz CT molecular complexity index is 783. The van der Waals surface area contributed by atoms with E-state index in [1.54, 1.807) is 17.0 Å². The smallest absolute Gasteiger partial charge is 0.274 e. The number of aromatic nitrogens is 4. The third-order valence-corrected chi connectivity index (χ3v) is 5.06. The molecule has 0 aromatic carbocycles. The van der Waals surface area contributed by atoms with E-state index in [0.29, 0.717) is 24.7 Å². The summed E-state index contributed by atoms with van der Waals surface area (Å²) in [6.45, 7) is 1.47. The van der Waals surface area contributed by atoms with E-state index in [4.69, 9.17) is 5.73 Å². The molecule has 2 fully saturated rings. The maximum atomic E-state index is 12.6. The molecule has 3 heterocycles. The lowest BCUT2D eigenvalue weighted by molar-refractivity contribution is -0.118. The molecule has 2 aliphatic rings. The Hall–Kier alpha value is -2.64. The van der Waals surface area contributed by atoms with Crippen LogP contribution in [0.4, 0.5) is 0 Å². The monoisotopic (exact) mass is 342 g/mol. The van der Waals surface area contributed by atoms with Gasteiger partial charge in [-0.05, 0) is 31.7 Å². The van der Waals surface area contributed by atoms with Gasteiger partial charge in [-0.25, -0.2) is 4.98 Å². The predicted molar refractivity (Wildman–Crippen MR) is 89.9 cm³/mol. The molecule has 2 amide bonds. The maximum Gasteiger partial charge on any atom is 0.274 e. The zero-order chi connectivity index (χ0) is 17.4. The van der Waals surface area contributed by atoms with Gasteiger partial charge in [0.05, 0.1) is 0 Å². The van der Waals surface area contributed by atoms with Gasteiger partial charge in [0.1, 0.15) is 18.1 Å². The van der Waals surface area contributed by atoms with E-state index in [9.17, 15) is 9.59 Å². The molecule has 132 valence electrons. The summed E-state index contributed by atoms with van der Waals surface area (Å²) in [4.78, 5) is 30.0. The van der Waals surface area contributed by atoms with Gasteiger partial charge in [-0.1, -0.05) is 0 Å². The van der Waals surface area contributed by atoms with Gasteiger partial charge in [-0.2, -0.15) is 5.10 Å². The van der Waals surface area contributed by atoms with Crippen LogP contribution in [0, 0.1) is 0 Å². The minimum Gasteiger partial charge on any atom is -0.368 e. The summed E-state index contributed by atoms with van der Waals surface area (Å²) in [6.07, 6.45) is 7.47. The molecule has 1 aliphatic carbocycles. The zero-order valence-electron chi connectivity index (χ0n) is 14.0. The van der Waals surface area contributed by atoms with Crippen molar-refractivity contribution in [1.82, 2.24) is 24.6 Å². The summed E-state index contributed by atoms with van der Waals surface area (Å²) in [7, 11) is 0. The Labute approximate surface area is 145 Å². The average Bonchev–Trinajstić information content (AvgIpc) is 3.16. The number of nitrogens with zero attached hydrogens (tertiary/aromatic N) is 4. The molecular formula is C17H22N6O2. The Morgan fingerprint density at radius 1 is 1.20 bits per heavy atom. The van der Waals surface area contributed by atoms with Crippen LogP contribution in [0.2, 0.25) is 0 Å². The van der Waals surface area contributed by atoms with Gasteiger partial charge in [0.2, 0.25) is 5.91 Å². The van der Waals surface area contributed by atoms with Crippen LogP contribution in [0.1, 0.15) is 59.5 Å². The minimum absolute atomic E-state index is 0.0120. The number of rotatable bonds is 5. The van der Waals surface area contributed by atoms with Crippen molar-refractivity contribution in [2.45, 2.75) is 44.1 Å². The van der Waals surface area contributed by atoms with Crippen LogP contribution < -0.4 is 5.73 Å². The minimum atomic E-state index is -0.378. The number of amides is 2. The van der Waals surface area contributed by atoms with Gasteiger partial charge in [0, 0.05) is 43.0 Å². The fraction of sp³-hybridized carbons (Fsp3) is 0.529. The van der Waals surface area contributed by atoms with E-state index in [-0.39, 0.29) is 24.3 Å². The van der Waals surface area contributed by atoms with Crippen LogP contribution in [-0.4, -0.2) is 49.6 Å². The first-order valence-electron chi connectivity index (χ1n) is 8.75. The number of imidazole rings is 1. The van der Waals surface area contributed by atoms with Gasteiger partial charge in [0.15, 0.2) is 0 Å². The van der Waals surface area contributed by atoms with Crippen molar-refractivity contribution in [3.05, 3.63) is 35.7 Å². The van der Waals surface area contributed by atoms with Crippen molar-refractivity contribution in [3.8, 4) is 0 Å². The van der Waals surface area contributed by atoms with Crippen LogP contribution in [-0.2, 0) is 11.3 Å². The summed E-state index contributed by atoms with van der Waals surface area (Å²) in [6, 6.07) is 1.89. The number of piperidine rings is 1. The lowest BCUT2D eigenvalue weighted by atomic mass is 9.95. The lowest BCUT2D eigenvalue weighted by Gasteiger charge is -2.31. The largest absolute Gasteiger partial charge is 0.368 e. The first-order chi connectivity index (χ1) is 12.1. The SMILES string of the molecule is NC(=O)Cn1ccnc1C1CCN(C(=O)c2cc(C3CC3)[nH]n2)CC1. The van der Waals surface area contributed by atoms with Gasteiger partial charge in [-0.3, -0.25) is 14.7 Å². The highest BCUT2D eigenvalue weighted by Gasteiger charge is 2.30. The molecule has 8 heteroatoms. The number of carbonyl (C=O) groups excluding carboxylic acids is 2. The Kier molecular flexibility index (Phi) is 4.03. The van der Waals surface area contributed by atoms with Crippen molar-refractivity contribution < 1.29 is 9.59 Å². The first kappa shape index (κ1) is 15.9. The molecule has 2 aromatic rings. The molecule has 0 atom stereocenters. The number of likely N-dealkylation sites (tertiary alicyclic amines) is 1. The van der Waals surface area contributed by atoms with Crippen molar-refractivity contribution >= 4 is 11.8 Å². The van der Waals surface area contributed by atoms with Crippen molar-refractivity contribution in [2.24, 2.45) is 5.73 Å². The molecule has 0 spiro atoms. The molecule has 2 aromatic heterocycles. The molecule has 1 saturated carbocycles. The molecular weight excluding hydrogens is 320 g/mol. The highest BCUT2D eigenvalue weighted by molar-refractivity contribution is 5.92. The molecule has 0 bridgehead atoms. The second kappa shape index (κ2) is 6.34. The van der Waals surface area contributed by atoms with Gasteiger partial charge in [-0.15, -0.1) is 0 Å². The van der Waals surface area contributed by atoms with E-state index < -0.39 is 0 Å². The van der Waals surface area contributed by atoms with E-state index in [2.05, 4.69) is 15.2 Å². The highest BCUT2D eigenvalue weighted by atomic mass is 16.2. The number of aromatic amines is 1. The van der Waals surface area contributed by atoms with Gasteiger partial charge >= 0.3 is 0 Å². The third kappa shape index (κ3) is 3.29. The Balaban J connectivity index is 1.38. The molecule has 8 nitrogen and oxygen atoms in total. The molecule has 0 unspecified atom stereocenters. The molecule has 1 saturated heterocycles. The molecule has 3 N–H and O–H groups in total. The summed E-state index contributed by atoms with van der Waals surface area (Å²) in [5, 5.41) is 7.17. The quantitative estimate of drug-likeness (QED) is 0.844. The van der Waals surface area contributed by atoms with Crippen molar-refractivity contribution in [3.63, 3.8) is 0 Å². The number of hydrogen-bond acceptors (Lipinski definition) is 4. The second-order valence-corrected chi connectivity index (χ2v) is 6.93. The van der Waals surface area contributed by atoms with Crippen LogP contribution in [0.15, 0.2) is 18.5 Å². The average molecular weight is 342 g/mol. The third-order valence-electron chi connectivity index (χ3n) is 5.06. The molecule has 25 heavy (non-hydrogen) atoms. The standard InChI is InChI=1S/C17H22N6O2/c18-15(24)10-23-8-5-19-16(23)12-3-6-22(7-4-12)17(25)14-9-13(20-21-14)11-1-2-11/h5,8-9,11-12H,1-4,6-7,10H2,(H2,18,24)(H,20,21). The molecule has 1 aliphatic heterocycles. The fourth-order valence-corrected chi connectivity index (χ4v) is 3.53. The molecule has 0 radical (unpaired) electrons. The van der Waals surface area contributed by atoms with Gasteiger partial charge in [0.25, 0.3) is 5.91 Å².